The first-order valence-electron chi connectivity index (χ1n) is 8.21. The summed E-state index contributed by atoms with van der Waals surface area (Å²) in [6, 6.07) is 11.8. The monoisotopic (exact) mass is 363 g/mol. The van der Waals surface area contributed by atoms with Gasteiger partial charge in [-0.2, -0.15) is 0 Å². The van der Waals surface area contributed by atoms with E-state index in [4.69, 9.17) is 23.2 Å². The molecule has 0 saturated carbocycles. The number of carbonyl (C=O) groups excluding carboxylic acids is 1. The minimum atomic E-state index is 0.0119. The van der Waals surface area contributed by atoms with Gasteiger partial charge >= 0.3 is 0 Å². The summed E-state index contributed by atoms with van der Waals surface area (Å²) in [5.74, 6) is 0.0119. The average Bonchev–Trinajstić information content (AvgIpc) is 2.52. The molecule has 0 fully saturated rings. The highest BCUT2D eigenvalue weighted by atomic mass is 35.5. The molecule has 2 aromatic rings. The Morgan fingerprint density at radius 1 is 1.12 bits per heavy atom. The Balaban J connectivity index is 2.02. The second-order valence-electron chi connectivity index (χ2n) is 6.09. The summed E-state index contributed by atoms with van der Waals surface area (Å²) >= 11 is 12.3. The minimum Gasteiger partial charge on any atom is -0.349 e. The van der Waals surface area contributed by atoms with Crippen molar-refractivity contribution >= 4 is 29.1 Å². The van der Waals surface area contributed by atoms with E-state index in [-0.39, 0.29) is 11.9 Å². The zero-order chi connectivity index (χ0) is 17.7. The third kappa shape index (κ3) is 4.75. The van der Waals surface area contributed by atoms with Crippen LogP contribution in [0.5, 0.6) is 0 Å². The highest BCUT2D eigenvalue weighted by molar-refractivity contribution is 6.36. The van der Waals surface area contributed by atoms with Gasteiger partial charge in [-0.05, 0) is 55.5 Å². The van der Waals surface area contributed by atoms with Crippen molar-refractivity contribution in [3.8, 4) is 0 Å². The maximum atomic E-state index is 12.4. The lowest BCUT2D eigenvalue weighted by molar-refractivity contribution is -0.121. The molecule has 1 amide bonds. The van der Waals surface area contributed by atoms with E-state index in [2.05, 4.69) is 44.3 Å². The Kier molecular flexibility index (Phi) is 6.70. The van der Waals surface area contributed by atoms with E-state index in [0.29, 0.717) is 22.9 Å². The maximum absolute atomic E-state index is 12.4. The Morgan fingerprint density at radius 3 is 2.38 bits per heavy atom. The average molecular weight is 364 g/mol. The first-order valence-corrected chi connectivity index (χ1v) is 8.97. The molecule has 0 aliphatic rings. The largest absolute Gasteiger partial charge is 0.349 e. The Hall–Kier alpha value is -1.51. The van der Waals surface area contributed by atoms with Crippen molar-refractivity contribution in [2.75, 3.05) is 0 Å². The second-order valence-corrected chi connectivity index (χ2v) is 6.90. The molecule has 0 aromatic heterocycles. The number of aryl methyl sites for hydroxylation is 2. The van der Waals surface area contributed by atoms with Gasteiger partial charge < -0.3 is 5.32 Å². The number of benzene rings is 2. The summed E-state index contributed by atoms with van der Waals surface area (Å²) in [6.07, 6.45) is 1.75. The van der Waals surface area contributed by atoms with E-state index in [0.717, 1.165) is 12.0 Å². The Bertz CT molecular complexity index is 707. The van der Waals surface area contributed by atoms with E-state index in [1.807, 2.05) is 6.07 Å². The van der Waals surface area contributed by atoms with Crippen LogP contribution in [0.15, 0.2) is 36.4 Å². The SMILES string of the molecule is CC[C@@H](NC(=O)CCc1c(Cl)cccc1Cl)c1ccc(C)cc1C. The van der Waals surface area contributed by atoms with Crippen LogP contribution in [0, 0.1) is 13.8 Å². The third-order valence-electron chi connectivity index (χ3n) is 4.21. The fourth-order valence-electron chi connectivity index (χ4n) is 2.89. The molecule has 2 nitrogen and oxygen atoms in total. The van der Waals surface area contributed by atoms with Gasteiger partial charge in [-0.3, -0.25) is 4.79 Å². The van der Waals surface area contributed by atoms with E-state index in [1.165, 1.54) is 16.7 Å². The lowest BCUT2D eigenvalue weighted by Gasteiger charge is -2.20. The lowest BCUT2D eigenvalue weighted by atomic mass is 9.97. The van der Waals surface area contributed by atoms with Crippen LogP contribution >= 0.6 is 23.2 Å². The number of rotatable bonds is 6. The normalized spacial score (nSPS) is 12.0. The van der Waals surface area contributed by atoms with Gasteiger partial charge in [0.1, 0.15) is 0 Å². The van der Waals surface area contributed by atoms with Crippen LogP contribution in [0.25, 0.3) is 0 Å². The van der Waals surface area contributed by atoms with Crippen molar-refractivity contribution in [1.82, 2.24) is 5.32 Å². The van der Waals surface area contributed by atoms with Crippen LogP contribution < -0.4 is 5.32 Å². The van der Waals surface area contributed by atoms with Crippen LogP contribution in [0.1, 0.15) is 48.1 Å². The molecular formula is C20H23Cl2NO. The van der Waals surface area contributed by atoms with Crippen molar-refractivity contribution in [3.05, 3.63) is 68.7 Å². The van der Waals surface area contributed by atoms with Crippen molar-refractivity contribution < 1.29 is 4.79 Å². The van der Waals surface area contributed by atoms with Gasteiger partial charge in [-0.25, -0.2) is 0 Å². The van der Waals surface area contributed by atoms with Crippen LogP contribution in [-0.2, 0) is 11.2 Å². The molecule has 0 unspecified atom stereocenters. The van der Waals surface area contributed by atoms with Crippen LogP contribution in [0.3, 0.4) is 0 Å². The van der Waals surface area contributed by atoms with Crippen LogP contribution in [0.2, 0.25) is 10.0 Å². The molecule has 0 aliphatic carbocycles. The summed E-state index contributed by atoms with van der Waals surface area (Å²) in [7, 11) is 0. The van der Waals surface area contributed by atoms with Gasteiger partial charge in [0.15, 0.2) is 0 Å². The number of hydrogen-bond donors (Lipinski definition) is 1. The number of carbonyl (C=O) groups is 1. The molecule has 0 bridgehead atoms. The van der Waals surface area contributed by atoms with Crippen LogP contribution in [0.4, 0.5) is 0 Å². The molecule has 24 heavy (non-hydrogen) atoms. The zero-order valence-electron chi connectivity index (χ0n) is 14.3. The molecule has 128 valence electrons. The van der Waals surface area contributed by atoms with Gasteiger partial charge in [0, 0.05) is 16.5 Å². The topological polar surface area (TPSA) is 29.1 Å². The van der Waals surface area contributed by atoms with Crippen molar-refractivity contribution in [1.29, 1.82) is 0 Å². The molecule has 1 N–H and O–H groups in total. The molecule has 4 heteroatoms. The molecule has 0 radical (unpaired) electrons. The molecule has 2 aromatic carbocycles. The van der Waals surface area contributed by atoms with Gasteiger partial charge in [0.05, 0.1) is 6.04 Å². The van der Waals surface area contributed by atoms with Gasteiger partial charge in [0.25, 0.3) is 0 Å². The quantitative estimate of drug-likeness (QED) is 0.688. The summed E-state index contributed by atoms with van der Waals surface area (Å²) in [5.41, 5.74) is 4.44. The second kappa shape index (κ2) is 8.55. The third-order valence-corrected chi connectivity index (χ3v) is 4.92. The number of hydrogen-bond acceptors (Lipinski definition) is 1. The van der Waals surface area contributed by atoms with Crippen molar-refractivity contribution in [2.24, 2.45) is 0 Å². The van der Waals surface area contributed by atoms with E-state index < -0.39 is 0 Å². The standard InChI is InChI=1S/C20H23Cl2NO/c1-4-19(15-9-8-13(2)12-14(15)3)23-20(24)11-10-16-17(21)6-5-7-18(16)22/h5-9,12,19H,4,10-11H2,1-3H3,(H,23,24)/t19-/m1/s1. The van der Waals surface area contributed by atoms with Crippen molar-refractivity contribution in [3.63, 3.8) is 0 Å². The van der Waals surface area contributed by atoms with E-state index >= 15 is 0 Å². The predicted molar refractivity (Wildman–Crippen MR) is 102 cm³/mol. The number of nitrogens with one attached hydrogen (secondary N) is 1. The summed E-state index contributed by atoms with van der Waals surface area (Å²) in [6.45, 7) is 6.24. The first-order chi connectivity index (χ1) is 11.4. The summed E-state index contributed by atoms with van der Waals surface area (Å²) in [4.78, 5) is 12.4. The fraction of sp³-hybridized carbons (Fsp3) is 0.350. The van der Waals surface area contributed by atoms with Gasteiger partial charge in [-0.15, -0.1) is 0 Å². The number of halogens is 2. The molecule has 0 spiro atoms. The molecular weight excluding hydrogens is 341 g/mol. The van der Waals surface area contributed by atoms with E-state index in [9.17, 15) is 4.79 Å². The highest BCUT2D eigenvalue weighted by Gasteiger charge is 2.15. The summed E-state index contributed by atoms with van der Waals surface area (Å²) in [5, 5.41) is 4.34. The highest BCUT2D eigenvalue weighted by Crippen LogP contribution is 2.26. The molecule has 2 rings (SSSR count). The molecule has 0 heterocycles. The molecule has 0 saturated heterocycles. The van der Waals surface area contributed by atoms with Crippen LogP contribution in [-0.4, -0.2) is 5.91 Å². The number of amides is 1. The van der Waals surface area contributed by atoms with Gasteiger partial charge in [-0.1, -0.05) is 60.0 Å². The van der Waals surface area contributed by atoms with Crippen molar-refractivity contribution in [2.45, 2.75) is 46.1 Å². The first kappa shape index (κ1) is 18.8. The Morgan fingerprint density at radius 2 is 1.79 bits per heavy atom. The summed E-state index contributed by atoms with van der Waals surface area (Å²) < 4.78 is 0. The predicted octanol–water partition coefficient (Wildman–Crippen LogP) is 5.81. The smallest absolute Gasteiger partial charge is 0.220 e. The lowest BCUT2D eigenvalue weighted by Crippen LogP contribution is -2.28. The fourth-order valence-corrected chi connectivity index (χ4v) is 3.48. The van der Waals surface area contributed by atoms with E-state index in [1.54, 1.807) is 12.1 Å². The maximum Gasteiger partial charge on any atom is 0.220 e. The zero-order valence-corrected chi connectivity index (χ0v) is 15.8. The Labute approximate surface area is 154 Å². The minimum absolute atomic E-state index is 0.0119. The van der Waals surface area contributed by atoms with Gasteiger partial charge in [0.2, 0.25) is 5.91 Å². The molecule has 0 aliphatic heterocycles. The molecule has 1 atom stereocenters.